The molecule has 0 amide bonds. The molecule has 0 heterocycles. The van der Waals surface area contributed by atoms with Gasteiger partial charge in [0.05, 0.1) is 9.79 Å². The van der Waals surface area contributed by atoms with Gasteiger partial charge in [-0.1, -0.05) is 30.3 Å². The predicted octanol–water partition coefficient (Wildman–Crippen LogP) is 1.71. The van der Waals surface area contributed by atoms with Crippen LogP contribution in [0.15, 0.2) is 52.3 Å². The van der Waals surface area contributed by atoms with Crippen molar-refractivity contribution in [3.63, 3.8) is 0 Å². The summed E-state index contributed by atoms with van der Waals surface area (Å²) in [5.41, 5.74) is 1.42. The highest BCUT2D eigenvalue weighted by atomic mass is 32.2. The van der Waals surface area contributed by atoms with E-state index in [-0.39, 0.29) is 9.79 Å². The summed E-state index contributed by atoms with van der Waals surface area (Å²) in [6, 6.07) is 11.1. The number of sulfone groups is 1. The van der Waals surface area contributed by atoms with Crippen LogP contribution < -0.4 is 5.14 Å². The summed E-state index contributed by atoms with van der Waals surface area (Å²) in [6.45, 7) is 1.61. The van der Waals surface area contributed by atoms with E-state index in [4.69, 9.17) is 5.14 Å². The van der Waals surface area contributed by atoms with Crippen LogP contribution >= 0.6 is 0 Å². The second kappa shape index (κ2) is 5.25. The molecule has 21 heavy (non-hydrogen) atoms. The Bertz CT molecular complexity index is 900. The summed E-state index contributed by atoms with van der Waals surface area (Å²) in [5.74, 6) is 0. The van der Waals surface area contributed by atoms with E-state index in [1.165, 1.54) is 12.1 Å². The van der Waals surface area contributed by atoms with Gasteiger partial charge in [-0.3, -0.25) is 0 Å². The van der Waals surface area contributed by atoms with Gasteiger partial charge >= 0.3 is 0 Å². The average Bonchev–Trinajstić information content (AvgIpc) is 2.36. The molecule has 0 aliphatic rings. The largest absolute Gasteiger partial charge is 0.238 e. The first kappa shape index (κ1) is 15.7. The molecule has 0 fully saturated rings. The van der Waals surface area contributed by atoms with Crippen LogP contribution in [0.5, 0.6) is 0 Å². The summed E-state index contributed by atoms with van der Waals surface area (Å²) in [6.07, 6.45) is 1.12. The molecule has 2 N–H and O–H groups in total. The Hall–Kier alpha value is -1.70. The SMILES string of the molecule is Cc1c(-c2ccccc2S(C)(=O)=O)cccc1S(N)(=O)=O. The van der Waals surface area contributed by atoms with E-state index >= 15 is 0 Å². The van der Waals surface area contributed by atoms with Gasteiger partial charge in [-0.25, -0.2) is 22.0 Å². The summed E-state index contributed by atoms with van der Waals surface area (Å²) in [5, 5.41) is 5.18. The van der Waals surface area contributed by atoms with Gasteiger partial charge < -0.3 is 0 Å². The fourth-order valence-electron chi connectivity index (χ4n) is 2.23. The maximum atomic E-state index is 11.9. The van der Waals surface area contributed by atoms with Crippen molar-refractivity contribution in [1.29, 1.82) is 0 Å². The number of rotatable bonds is 3. The fourth-order valence-corrected chi connectivity index (χ4v) is 3.94. The molecule has 0 atom stereocenters. The summed E-state index contributed by atoms with van der Waals surface area (Å²) < 4.78 is 46.9. The van der Waals surface area contributed by atoms with Gasteiger partial charge in [0.15, 0.2) is 9.84 Å². The highest BCUT2D eigenvalue weighted by molar-refractivity contribution is 7.90. The second-order valence-corrected chi connectivity index (χ2v) is 8.26. The molecule has 2 aromatic rings. The molecule has 0 saturated heterocycles. The van der Waals surface area contributed by atoms with Gasteiger partial charge in [-0.15, -0.1) is 0 Å². The third-order valence-corrected chi connectivity index (χ3v) is 5.38. The Balaban J connectivity index is 2.82. The molecular weight excluding hydrogens is 310 g/mol. The maximum absolute atomic E-state index is 11.9. The number of hydrogen-bond acceptors (Lipinski definition) is 4. The van der Waals surface area contributed by atoms with Crippen LogP contribution in [-0.4, -0.2) is 23.1 Å². The number of benzene rings is 2. The van der Waals surface area contributed by atoms with Crippen molar-refractivity contribution in [2.75, 3.05) is 6.26 Å². The van der Waals surface area contributed by atoms with Crippen LogP contribution in [0, 0.1) is 6.92 Å². The number of sulfonamides is 1. The molecule has 0 bridgehead atoms. The molecule has 0 saturated carbocycles. The minimum absolute atomic E-state index is 0.0108. The van der Waals surface area contributed by atoms with Crippen molar-refractivity contribution >= 4 is 19.9 Å². The lowest BCUT2D eigenvalue weighted by molar-refractivity contribution is 0.597. The van der Waals surface area contributed by atoms with Gasteiger partial charge in [0, 0.05) is 11.8 Å². The van der Waals surface area contributed by atoms with E-state index < -0.39 is 19.9 Å². The average molecular weight is 325 g/mol. The molecule has 0 aliphatic heterocycles. The monoisotopic (exact) mass is 325 g/mol. The third-order valence-electron chi connectivity index (χ3n) is 3.17. The Morgan fingerprint density at radius 3 is 1.90 bits per heavy atom. The Morgan fingerprint density at radius 2 is 1.33 bits per heavy atom. The van der Waals surface area contributed by atoms with Gasteiger partial charge in [-0.05, 0) is 30.2 Å². The maximum Gasteiger partial charge on any atom is 0.238 e. The molecule has 2 rings (SSSR count). The van der Waals surface area contributed by atoms with Crippen molar-refractivity contribution in [3.05, 3.63) is 48.0 Å². The standard InChI is InChI=1S/C14H15NO4S2/c1-10-11(7-5-9-13(10)21(15,18)19)12-6-3-4-8-14(12)20(2,16)17/h3-9H,1-2H3,(H2,15,18,19). The zero-order valence-corrected chi connectivity index (χ0v) is 13.2. The van der Waals surface area contributed by atoms with E-state index in [9.17, 15) is 16.8 Å². The summed E-state index contributed by atoms with van der Waals surface area (Å²) in [4.78, 5) is 0.142. The third kappa shape index (κ3) is 3.15. The van der Waals surface area contributed by atoms with Gasteiger partial charge in [0.2, 0.25) is 10.0 Å². The summed E-state index contributed by atoms with van der Waals surface area (Å²) in [7, 11) is -7.29. The molecule has 0 aromatic heterocycles. The van der Waals surface area contributed by atoms with E-state index in [2.05, 4.69) is 0 Å². The van der Waals surface area contributed by atoms with Crippen molar-refractivity contribution in [3.8, 4) is 11.1 Å². The van der Waals surface area contributed by atoms with Crippen LogP contribution in [0.4, 0.5) is 0 Å². The summed E-state index contributed by atoms with van der Waals surface area (Å²) >= 11 is 0. The zero-order valence-electron chi connectivity index (χ0n) is 11.6. The quantitative estimate of drug-likeness (QED) is 0.929. The van der Waals surface area contributed by atoms with Crippen molar-refractivity contribution < 1.29 is 16.8 Å². The van der Waals surface area contributed by atoms with Crippen molar-refractivity contribution in [2.24, 2.45) is 5.14 Å². The molecular formula is C14H15NO4S2. The lowest BCUT2D eigenvalue weighted by Gasteiger charge is -2.13. The molecule has 0 spiro atoms. The molecule has 2 aromatic carbocycles. The molecule has 0 unspecified atom stereocenters. The van der Waals surface area contributed by atoms with Crippen molar-refractivity contribution in [2.45, 2.75) is 16.7 Å². The highest BCUT2D eigenvalue weighted by Gasteiger charge is 2.19. The van der Waals surface area contributed by atoms with E-state index in [0.29, 0.717) is 16.7 Å². The normalized spacial score (nSPS) is 12.3. The first-order valence-electron chi connectivity index (χ1n) is 6.04. The topological polar surface area (TPSA) is 94.3 Å². The predicted molar refractivity (Wildman–Crippen MR) is 81.1 cm³/mol. The van der Waals surface area contributed by atoms with Crippen LogP contribution in [0.1, 0.15) is 5.56 Å². The minimum Gasteiger partial charge on any atom is -0.225 e. The molecule has 5 nitrogen and oxygen atoms in total. The van der Waals surface area contributed by atoms with Crippen LogP contribution in [0.25, 0.3) is 11.1 Å². The molecule has 112 valence electrons. The molecule has 0 aliphatic carbocycles. The molecule has 7 heteroatoms. The number of primary sulfonamides is 1. The number of nitrogens with two attached hydrogens (primary N) is 1. The van der Waals surface area contributed by atoms with E-state index in [1.807, 2.05) is 0 Å². The van der Waals surface area contributed by atoms with Gasteiger partial charge in [0.1, 0.15) is 0 Å². The van der Waals surface area contributed by atoms with Crippen LogP contribution in [0.2, 0.25) is 0 Å². The van der Waals surface area contributed by atoms with Crippen LogP contribution in [0.3, 0.4) is 0 Å². The minimum atomic E-state index is -3.86. The Kier molecular flexibility index (Phi) is 3.92. The highest BCUT2D eigenvalue weighted by Crippen LogP contribution is 2.32. The lowest BCUT2D eigenvalue weighted by Crippen LogP contribution is -2.14. The first-order valence-corrected chi connectivity index (χ1v) is 9.48. The fraction of sp³-hybridized carbons (Fsp3) is 0.143. The Morgan fingerprint density at radius 1 is 0.810 bits per heavy atom. The second-order valence-electron chi connectivity index (χ2n) is 4.74. The van der Waals surface area contributed by atoms with Crippen molar-refractivity contribution in [1.82, 2.24) is 0 Å². The zero-order chi connectivity index (χ0) is 15.8. The van der Waals surface area contributed by atoms with E-state index in [1.54, 1.807) is 37.3 Å². The number of hydrogen-bond donors (Lipinski definition) is 1. The smallest absolute Gasteiger partial charge is 0.225 e. The van der Waals surface area contributed by atoms with E-state index in [0.717, 1.165) is 6.26 Å². The Labute approximate surface area is 124 Å². The van der Waals surface area contributed by atoms with Crippen LogP contribution in [-0.2, 0) is 19.9 Å². The first-order chi connectivity index (χ1) is 9.62. The molecule has 0 radical (unpaired) electrons. The van der Waals surface area contributed by atoms with Gasteiger partial charge in [-0.2, -0.15) is 0 Å². The van der Waals surface area contributed by atoms with Gasteiger partial charge in [0.25, 0.3) is 0 Å². The lowest BCUT2D eigenvalue weighted by atomic mass is 10.0.